The van der Waals surface area contributed by atoms with Gasteiger partial charge in [-0.15, -0.1) is 0 Å². The molecule has 0 saturated heterocycles. The van der Waals surface area contributed by atoms with E-state index in [-0.39, 0.29) is 11.9 Å². The van der Waals surface area contributed by atoms with Crippen molar-refractivity contribution < 1.29 is 4.39 Å². The van der Waals surface area contributed by atoms with E-state index >= 15 is 0 Å². The highest BCUT2D eigenvalue weighted by Gasteiger charge is 2.53. The average molecular weight is 233 g/mol. The van der Waals surface area contributed by atoms with Crippen LogP contribution in [0.2, 0.25) is 0 Å². The molecule has 0 aromatic heterocycles. The molecular formula is C15H20FN. The zero-order valence-electron chi connectivity index (χ0n) is 10.3. The second-order valence-electron chi connectivity index (χ2n) is 5.78. The topological polar surface area (TPSA) is 26.0 Å². The van der Waals surface area contributed by atoms with Crippen molar-refractivity contribution in [3.8, 4) is 0 Å². The van der Waals surface area contributed by atoms with Gasteiger partial charge in [0.1, 0.15) is 5.82 Å². The van der Waals surface area contributed by atoms with Crippen LogP contribution in [-0.2, 0) is 0 Å². The molecular weight excluding hydrogens is 213 g/mol. The minimum atomic E-state index is -0.154. The van der Waals surface area contributed by atoms with Gasteiger partial charge >= 0.3 is 0 Å². The third kappa shape index (κ3) is 1.99. The maximum Gasteiger partial charge on any atom is 0.123 e. The van der Waals surface area contributed by atoms with Crippen LogP contribution < -0.4 is 5.73 Å². The Hall–Kier alpha value is -0.890. The van der Waals surface area contributed by atoms with Gasteiger partial charge in [0, 0.05) is 6.04 Å². The Labute approximate surface area is 102 Å². The first kappa shape index (κ1) is 11.2. The van der Waals surface area contributed by atoms with Crippen molar-refractivity contribution in [1.29, 1.82) is 0 Å². The highest BCUT2D eigenvalue weighted by Crippen LogP contribution is 2.59. The SMILES string of the molecule is Cc1cc(F)cc(C(N)C2C3CCCCC32)c1. The van der Waals surface area contributed by atoms with Crippen molar-refractivity contribution >= 4 is 0 Å². The molecule has 2 fully saturated rings. The summed E-state index contributed by atoms with van der Waals surface area (Å²) < 4.78 is 13.4. The molecule has 1 nitrogen and oxygen atoms in total. The molecule has 92 valence electrons. The van der Waals surface area contributed by atoms with E-state index in [0.29, 0.717) is 5.92 Å². The van der Waals surface area contributed by atoms with Crippen molar-refractivity contribution in [2.24, 2.45) is 23.5 Å². The van der Waals surface area contributed by atoms with Gasteiger partial charge in [-0.3, -0.25) is 0 Å². The lowest BCUT2D eigenvalue weighted by molar-refractivity contribution is 0.480. The minimum Gasteiger partial charge on any atom is -0.324 e. The molecule has 0 aliphatic heterocycles. The lowest BCUT2D eigenvalue weighted by Crippen LogP contribution is -2.14. The Kier molecular flexibility index (Phi) is 2.70. The summed E-state index contributed by atoms with van der Waals surface area (Å²) in [7, 11) is 0. The van der Waals surface area contributed by atoms with E-state index < -0.39 is 0 Å². The van der Waals surface area contributed by atoms with E-state index in [2.05, 4.69) is 0 Å². The average Bonchev–Trinajstić information content (AvgIpc) is 3.00. The van der Waals surface area contributed by atoms with E-state index in [9.17, 15) is 4.39 Å². The highest BCUT2D eigenvalue weighted by molar-refractivity contribution is 5.28. The molecule has 3 unspecified atom stereocenters. The molecule has 2 aliphatic carbocycles. The number of nitrogens with two attached hydrogens (primary N) is 1. The number of fused-ring (bicyclic) bond motifs is 1. The smallest absolute Gasteiger partial charge is 0.123 e. The van der Waals surface area contributed by atoms with Crippen molar-refractivity contribution in [3.05, 3.63) is 35.1 Å². The van der Waals surface area contributed by atoms with Gasteiger partial charge in [-0.25, -0.2) is 4.39 Å². The van der Waals surface area contributed by atoms with Crippen molar-refractivity contribution in [2.75, 3.05) is 0 Å². The summed E-state index contributed by atoms with van der Waals surface area (Å²) >= 11 is 0. The molecule has 0 heterocycles. The van der Waals surface area contributed by atoms with Gasteiger partial charge in [-0.2, -0.15) is 0 Å². The maximum absolute atomic E-state index is 13.4. The Bertz CT molecular complexity index is 397. The summed E-state index contributed by atoms with van der Waals surface area (Å²) in [5, 5.41) is 0. The second-order valence-corrected chi connectivity index (χ2v) is 5.78. The van der Waals surface area contributed by atoms with Crippen LogP contribution >= 0.6 is 0 Å². The van der Waals surface area contributed by atoms with E-state index in [1.807, 2.05) is 13.0 Å². The molecule has 2 N–H and O–H groups in total. The predicted molar refractivity (Wildman–Crippen MR) is 67.0 cm³/mol. The summed E-state index contributed by atoms with van der Waals surface area (Å²) in [6, 6.07) is 5.26. The first-order valence-electron chi connectivity index (χ1n) is 6.69. The zero-order valence-corrected chi connectivity index (χ0v) is 10.3. The molecule has 0 spiro atoms. The van der Waals surface area contributed by atoms with Gasteiger partial charge in [-0.1, -0.05) is 18.9 Å². The molecule has 0 amide bonds. The summed E-state index contributed by atoms with van der Waals surface area (Å²) in [6.45, 7) is 1.93. The van der Waals surface area contributed by atoms with E-state index in [1.165, 1.54) is 25.7 Å². The fourth-order valence-electron chi connectivity index (χ4n) is 3.76. The van der Waals surface area contributed by atoms with Crippen LogP contribution in [0, 0.1) is 30.5 Å². The minimum absolute atomic E-state index is 0.0394. The van der Waals surface area contributed by atoms with Gasteiger partial charge in [0.25, 0.3) is 0 Å². The van der Waals surface area contributed by atoms with Gasteiger partial charge < -0.3 is 5.73 Å². The molecule has 2 aliphatic rings. The maximum atomic E-state index is 13.4. The Morgan fingerprint density at radius 3 is 2.41 bits per heavy atom. The van der Waals surface area contributed by atoms with Crippen LogP contribution in [-0.4, -0.2) is 0 Å². The number of hydrogen-bond acceptors (Lipinski definition) is 1. The first-order chi connectivity index (χ1) is 8.16. The van der Waals surface area contributed by atoms with Crippen molar-refractivity contribution in [2.45, 2.75) is 38.6 Å². The molecule has 2 heteroatoms. The van der Waals surface area contributed by atoms with Crippen LogP contribution in [0.1, 0.15) is 42.9 Å². The molecule has 0 bridgehead atoms. The first-order valence-corrected chi connectivity index (χ1v) is 6.69. The molecule has 1 aromatic rings. The quantitative estimate of drug-likeness (QED) is 0.830. The van der Waals surface area contributed by atoms with Crippen LogP contribution in [0.4, 0.5) is 4.39 Å². The molecule has 3 atom stereocenters. The fraction of sp³-hybridized carbons (Fsp3) is 0.600. The molecule has 3 rings (SSSR count). The van der Waals surface area contributed by atoms with Crippen LogP contribution in [0.15, 0.2) is 18.2 Å². The molecule has 17 heavy (non-hydrogen) atoms. The van der Waals surface area contributed by atoms with E-state index in [1.54, 1.807) is 12.1 Å². The van der Waals surface area contributed by atoms with Gasteiger partial charge in [-0.05, 0) is 60.8 Å². The third-order valence-electron chi connectivity index (χ3n) is 4.59. The summed E-state index contributed by atoms with van der Waals surface area (Å²) in [5.41, 5.74) is 8.29. The summed E-state index contributed by atoms with van der Waals surface area (Å²) in [6.07, 6.45) is 5.37. The predicted octanol–water partition coefficient (Wildman–Crippen LogP) is 3.57. The largest absolute Gasteiger partial charge is 0.324 e. The molecule has 2 saturated carbocycles. The van der Waals surface area contributed by atoms with Gasteiger partial charge in [0.15, 0.2) is 0 Å². The number of benzene rings is 1. The number of aryl methyl sites for hydroxylation is 1. The summed E-state index contributed by atoms with van der Waals surface area (Å²) in [4.78, 5) is 0. The van der Waals surface area contributed by atoms with E-state index in [4.69, 9.17) is 5.73 Å². The van der Waals surface area contributed by atoms with Gasteiger partial charge in [0.2, 0.25) is 0 Å². The van der Waals surface area contributed by atoms with Crippen LogP contribution in [0.3, 0.4) is 0 Å². The lowest BCUT2D eigenvalue weighted by Gasteiger charge is -2.13. The Balaban J connectivity index is 1.80. The molecule has 1 aromatic carbocycles. The number of halogens is 1. The third-order valence-corrected chi connectivity index (χ3v) is 4.59. The summed E-state index contributed by atoms with van der Waals surface area (Å²) in [5.74, 6) is 2.10. The van der Waals surface area contributed by atoms with Crippen molar-refractivity contribution in [3.63, 3.8) is 0 Å². The highest BCUT2D eigenvalue weighted by atomic mass is 19.1. The normalized spacial score (nSPS) is 33.0. The van der Waals surface area contributed by atoms with Gasteiger partial charge in [0.05, 0.1) is 0 Å². The number of rotatable bonds is 2. The van der Waals surface area contributed by atoms with Crippen LogP contribution in [0.25, 0.3) is 0 Å². The molecule has 0 radical (unpaired) electrons. The zero-order chi connectivity index (χ0) is 12.0. The second kappa shape index (κ2) is 4.09. The Morgan fingerprint density at radius 1 is 1.18 bits per heavy atom. The van der Waals surface area contributed by atoms with Crippen molar-refractivity contribution in [1.82, 2.24) is 0 Å². The Morgan fingerprint density at radius 2 is 1.82 bits per heavy atom. The van der Waals surface area contributed by atoms with E-state index in [0.717, 1.165) is 23.0 Å². The number of hydrogen-bond donors (Lipinski definition) is 1. The fourth-order valence-corrected chi connectivity index (χ4v) is 3.76. The lowest BCUT2D eigenvalue weighted by atomic mass is 9.99. The monoisotopic (exact) mass is 233 g/mol. The standard InChI is InChI=1S/C15H20FN/c1-9-6-10(8-11(16)7-9)15(17)14-12-4-2-3-5-13(12)14/h6-8,12-15H,2-5,17H2,1H3. The van der Waals surface area contributed by atoms with Crippen LogP contribution in [0.5, 0.6) is 0 Å².